The second-order valence-electron chi connectivity index (χ2n) is 8.25. The topological polar surface area (TPSA) is 29.2 Å². The van der Waals surface area contributed by atoms with E-state index in [2.05, 4.69) is 49.4 Å². The van der Waals surface area contributed by atoms with E-state index in [0.29, 0.717) is 12.1 Å². The number of hydrogen-bond donors (Lipinski definition) is 0. The molecular formula is C21H29N5S. The normalized spacial score (nSPS) is 23.9. The van der Waals surface area contributed by atoms with Crippen molar-refractivity contribution in [1.29, 1.82) is 0 Å². The van der Waals surface area contributed by atoms with Crippen molar-refractivity contribution in [2.24, 2.45) is 0 Å². The molecule has 0 radical (unpaired) electrons. The third-order valence-electron chi connectivity index (χ3n) is 6.27. The third kappa shape index (κ3) is 3.45. The van der Waals surface area contributed by atoms with Crippen molar-refractivity contribution < 1.29 is 0 Å². The van der Waals surface area contributed by atoms with E-state index in [1.54, 1.807) is 0 Å². The molecule has 5 nitrogen and oxygen atoms in total. The molecule has 3 heterocycles. The summed E-state index contributed by atoms with van der Waals surface area (Å²) in [5.41, 5.74) is 1.42. The van der Waals surface area contributed by atoms with E-state index in [0.717, 1.165) is 37.0 Å². The van der Waals surface area contributed by atoms with Gasteiger partial charge in [-0.05, 0) is 62.7 Å². The van der Waals surface area contributed by atoms with E-state index < -0.39 is 0 Å². The maximum Gasteiger partial charge on any atom is 0.226 e. The number of likely N-dealkylation sites (tertiary alicyclic amines) is 1. The Morgan fingerprint density at radius 3 is 2.44 bits per heavy atom. The van der Waals surface area contributed by atoms with Crippen molar-refractivity contribution in [2.75, 3.05) is 24.5 Å². The maximum atomic E-state index is 5.90. The van der Waals surface area contributed by atoms with Gasteiger partial charge in [0.2, 0.25) is 10.7 Å². The van der Waals surface area contributed by atoms with Crippen molar-refractivity contribution in [3.05, 3.63) is 40.7 Å². The Morgan fingerprint density at radius 2 is 1.70 bits per heavy atom. The largest absolute Gasteiger partial charge is 0.341 e. The SMILES string of the molecule is S=c1n(CN2CCC[C@@H]2c2ccccc2)nc(N2CCCCC2)n1C1CC1. The van der Waals surface area contributed by atoms with Gasteiger partial charge in [-0.1, -0.05) is 30.3 Å². The minimum Gasteiger partial charge on any atom is -0.341 e. The van der Waals surface area contributed by atoms with Crippen LogP contribution in [-0.2, 0) is 6.67 Å². The number of aromatic nitrogens is 3. The summed E-state index contributed by atoms with van der Waals surface area (Å²) in [6.45, 7) is 4.17. The van der Waals surface area contributed by atoms with Gasteiger partial charge in [-0.2, -0.15) is 0 Å². The van der Waals surface area contributed by atoms with Gasteiger partial charge in [0, 0.05) is 31.7 Å². The molecule has 2 aliphatic heterocycles. The van der Waals surface area contributed by atoms with Gasteiger partial charge in [0.15, 0.2) is 0 Å². The summed E-state index contributed by atoms with van der Waals surface area (Å²) in [5.74, 6) is 1.12. The monoisotopic (exact) mass is 383 g/mol. The summed E-state index contributed by atoms with van der Waals surface area (Å²) in [6.07, 6.45) is 8.84. The molecular weight excluding hydrogens is 354 g/mol. The number of nitrogens with zero attached hydrogens (tertiary/aromatic N) is 5. The molecule has 3 aliphatic rings. The summed E-state index contributed by atoms with van der Waals surface area (Å²) in [6, 6.07) is 12.0. The number of rotatable bonds is 5. The first kappa shape index (κ1) is 17.4. The molecule has 0 amide bonds. The molecule has 0 N–H and O–H groups in total. The summed E-state index contributed by atoms with van der Waals surface area (Å²) in [7, 11) is 0. The van der Waals surface area contributed by atoms with Gasteiger partial charge >= 0.3 is 0 Å². The Morgan fingerprint density at radius 1 is 0.926 bits per heavy atom. The molecule has 1 aromatic heterocycles. The van der Waals surface area contributed by atoms with Crippen LogP contribution >= 0.6 is 12.2 Å². The highest BCUT2D eigenvalue weighted by Crippen LogP contribution is 2.39. The second kappa shape index (κ2) is 7.40. The minimum absolute atomic E-state index is 0.484. The Kier molecular flexibility index (Phi) is 4.78. The quantitative estimate of drug-likeness (QED) is 0.709. The van der Waals surface area contributed by atoms with E-state index in [-0.39, 0.29) is 0 Å². The van der Waals surface area contributed by atoms with Crippen LogP contribution in [0.2, 0.25) is 0 Å². The fourth-order valence-corrected chi connectivity index (χ4v) is 5.01. The van der Waals surface area contributed by atoms with Crippen molar-refractivity contribution in [3.63, 3.8) is 0 Å². The molecule has 144 valence electrons. The fraction of sp³-hybridized carbons (Fsp3) is 0.619. The maximum absolute atomic E-state index is 5.90. The molecule has 2 saturated heterocycles. The average molecular weight is 384 g/mol. The van der Waals surface area contributed by atoms with Crippen LogP contribution < -0.4 is 4.90 Å². The number of hydrogen-bond acceptors (Lipinski definition) is 4. The molecule has 0 spiro atoms. The van der Waals surface area contributed by atoms with E-state index in [9.17, 15) is 0 Å². The molecule has 1 atom stereocenters. The molecule has 6 heteroatoms. The van der Waals surface area contributed by atoms with Gasteiger partial charge in [0.1, 0.15) is 0 Å². The molecule has 27 heavy (non-hydrogen) atoms. The van der Waals surface area contributed by atoms with Crippen LogP contribution in [-0.4, -0.2) is 38.9 Å². The summed E-state index contributed by atoms with van der Waals surface area (Å²) in [4.78, 5) is 5.02. The van der Waals surface area contributed by atoms with Crippen LogP contribution in [0.25, 0.3) is 0 Å². The first-order valence-electron chi connectivity index (χ1n) is 10.5. The summed E-state index contributed by atoms with van der Waals surface area (Å²) >= 11 is 5.90. The molecule has 0 bridgehead atoms. The highest BCUT2D eigenvalue weighted by molar-refractivity contribution is 7.71. The third-order valence-corrected chi connectivity index (χ3v) is 6.67. The lowest BCUT2D eigenvalue weighted by Crippen LogP contribution is -2.32. The predicted molar refractivity (Wildman–Crippen MR) is 111 cm³/mol. The summed E-state index contributed by atoms with van der Waals surface area (Å²) in [5, 5.41) is 5.05. The Hall–Kier alpha value is -1.66. The number of piperidine rings is 1. The predicted octanol–water partition coefficient (Wildman–Crippen LogP) is 4.53. The smallest absolute Gasteiger partial charge is 0.226 e. The molecule has 1 aliphatic carbocycles. The van der Waals surface area contributed by atoms with Gasteiger partial charge < -0.3 is 4.90 Å². The van der Waals surface area contributed by atoms with Gasteiger partial charge in [-0.15, -0.1) is 5.10 Å². The van der Waals surface area contributed by atoms with Gasteiger partial charge in [-0.3, -0.25) is 9.47 Å². The molecule has 5 rings (SSSR count). The number of benzene rings is 1. The molecule has 1 aromatic carbocycles. The van der Waals surface area contributed by atoms with Crippen LogP contribution in [0.15, 0.2) is 30.3 Å². The molecule has 2 aromatic rings. The first-order chi connectivity index (χ1) is 13.3. The summed E-state index contributed by atoms with van der Waals surface area (Å²) < 4.78 is 5.37. The molecule has 3 fully saturated rings. The van der Waals surface area contributed by atoms with Crippen molar-refractivity contribution >= 4 is 18.2 Å². The second-order valence-corrected chi connectivity index (χ2v) is 8.62. The highest BCUT2D eigenvalue weighted by Gasteiger charge is 2.32. The van der Waals surface area contributed by atoms with E-state index in [4.69, 9.17) is 17.3 Å². The van der Waals surface area contributed by atoms with Crippen LogP contribution in [0, 0.1) is 4.77 Å². The first-order valence-corrected chi connectivity index (χ1v) is 11.0. The average Bonchev–Trinajstić information content (AvgIpc) is 3.36. The van der Waals surface area contributed by atoms with Crippen LogP contribution in [0.4, 0.5) is 5.95 Å². The highest BCUT2D eigenvalue weighted by atomic mass is 32.1. The Bertz CT molecular complexity index is 832. The number of anilines is 1. The van der Waals surface area contributed by atoms with E-state index in [1.165, 1.54) is 50.5 Å². The Labute approximate surface area is 166 Å². The lowest BCUT2D eigenvalue weighted by Gasteiger charge is -2.27. The lowest BCUT2D eigenvalue weighted by atomic mass is 10.1. The standard InChI is InChI=1S/C21H29N5S/c27-21-25(16-24-15-7-10-19(24)17-8-3-1-4-9-17)22-20(26(21)18-11-12-18)23-13-5-2-6-14-23/h1,3-4,8-9,18-19H,2,5-7,10-16H2/t19-/m1/s1. The Balaban J connectivity index is 1.42. The van der Waals surface area contributed by atoms with E-state index >= 15 is 0 Å². The van der Waals surface area contributed by atoms with Crippen molar-refractivity contribution in [1.82, 2.24) is 19.2 Å². The van der Waals surface area contributed by atoms with Crippen LogP contribution in [0.5, 0.6) is 0 Å². The van der Waals surface area contributed by atoms with Crippen molar-refractivity contribution in [2.45, 2.75) is 63.7 Å². The fourth-order valence-electron chi connectivity index (χ4n) is 4.68. The zero-order chi connectivity index (χ0) is 18.2. The zero-order valence-corrected chi connectivity index (χ0v) is 16.8. The lowest BCUT2D eigenvalue weighted by molar-refractivity contribution is 0.189. The van der Waals surface area contributed by atoms with Gasteiger partial charge in [0.25, 0.3) is 0 Å². The molecule has 0 unspecified atom stereocenters. The van der Waals surface area contributed by atoms with Gasteiger partial charge in [-0.25, -0.2) is 4.68 Å². The van der Waals surface area contributed by atoms with E-state index in [1.807, 2.05) is 0 Å². The van der Waals surface area contributed by atoms with Crippen LogP contribution in [0.3, 0.4) is 0 Å². The van der Waals surface area contributed by atoms with Crippen LogP contribution in [0.1, 0.15) is 62.6 Å². The minimum atomic E-state index is 0.484. The zero-order valence-electron chi connectivity index (χ0n) is 16.0. The van der Waals surface area contributed by atoms with Gasteiger partial charge in [0.05, 0.1) is 6.67 Å². The molecule has 1 saturated carbocycles. The van der Waals surface area contributed by atoms with Crippen molar-refractivity contribution in [3.8, 4) is 0 Å².